The number of aliphatic hydroxyl groups is 1. The van der Waals surface area contributed by atoms with Crippen LogP contribution in [0.4, 0.5) is 26.6 Å². The number of halogens is 2. The summed E-state index contributed by atoms with van der Waals surface area (Å²) in [6.07, 6.45) is 1.73. The van der Waals surface area contributed by atoms with E-state index >= 15 is 0 Å². The summed E-state index contributed by atoms with van der Waals surface area (Å²) in [5.41, 5.74) is 5.02. The molecule has 3 fully saturated rings. The fourth-order valence-corrected chi connectivity index (χ4v) is 5.78. The average Bonchev–Trinajstić information content (AvgIpc) is 3.05. The van der Waals surface area contributed by atoms with Crippen molar-refractivity contribution in [3.63, 3.8) is 0 Å². The lowest BCUT2D eigenvalue weighted by Gasteiger charge is -2.36. The fourth-order valence-electron chi connectivity index (χ4n) is 5.62. The van der Waals surface area contributed by atoms with Crippen LogP contribution in [0.1, 0.15) is 31.9 Å². The zero-order valence-electron chi connectivity index (χ0n) is 25.3. The monoisotopic (exact) mass is 650 g/mol. The Morgan fingerprint density at radius 1 is 1.11 bits per heavy atom. The van der Waals surface area contributed by atoms with Crippen LogP contribution >= 0.6 is 12.6 Å². The lowest BCUT2D eigenvalue weighted by atomic mass is 9.98. The van der Waals surface area contributed by atoms with E-state index in [4.69, 9.17) is 20.2 Å². The van der Waals surface area contributed by atoms with E-state index in [0.29, 0.717) is 76.1 Å². The predicted octanol–water partition coefficient (Wildman–Crippen LogP) is 1.78. The molecule has 0 radical (unpaired) electrons. The van der Waals surface area contributed by atoms with Crippen LogP contribution in [0.25, 0.3) is 11.4 Å². The summed E-state index contributed by atoms with van der Waals surface area (Å²) in [4.78, 5) is 41.9. The minimum absolute atomic E-state index is 0.00641. The fraction of sp³-hybridized carbons (Fsp3) is 0.643. The van der Waals surface area contributed by atoms with Crippen LogP contribution in [0.2, 0.25) is 0 Å². The summed E-state index contributed by atoms with van der Waals surface area (Å²) >= 11 is 4.12. The number of amides is 1. The Morgan fingerprint density at radius 3 is 2.53 bits per heavy atom. The highest BCUT2D eigenvalue weighted by Gasteiger charge is 2.29. The number of carbonyl (C=O) groups is 1. The Morgan fingerprint density at radius 2 is 1.84 bits per heavy atom. The summed E-state index contributed by atoms with van der Waals surface area (Å²) in [5, 5.41) is 10.0. The number of piperidine rings is 1. The molecule has 0 aliphatic carbocycles. The number of nitrogen functional groups attached to an aromatic ring is 1. The largest absolute Gasteiger partial charge is 0.495 e. The second-order valence-corrected chi connectivity index (χ2v) is 11.6. The maximum Gasteiger partial charge on any atom is 0.281 e. The lowest BCUT2D eigenvalue weighted by molar-refractivity contribution is -0.137. The van der Waals surface area contributed by atoms with E-state index in [1.54, 1.807) is 11.0 Å². The van der Waals surface area contributed by atoms with Gasteiger partial charge in [0.05, 0.1) is 31.4 Å². The molecule has 2 aromatic rings. The number of alkyl halides is 2. The average molecular weight is 651 g/mol. The van der Waals surface area contributed by atoms with E-state index in [2.05, 4.69) is 32.6 Å². The molecule has 0 unspecified atom stereocenters. The van der Waals surface area contributed by atoms with Crippen molar-refractivity contribution in [1.29, 1.82) is 0 Å². The third-order valence-electron chi connectivity index (χ3n) is 8.23. The van der Waals surface area contributed by atoms with Crippen molar-refractivity contribution < 1.29 is 28.2 Å². The number of hydrogen-bond acceptors (Lipinski definition) is 14. The molecule has 246 valence electrons. The van der Waals surface area contributed by atoms with Gasteiger partial charge >= 0.3 is 0 Å². The van der Waals surface area contributed by atoms with Crippen molar-refractivity contribution in [2.24, 2.45) is 5.92 Å². The molecule has 3 N–H and O–H groups in total. The van der Waals surface area contributed by atoms with Gasteiger partial charge in [-0.25, -0.2) is 18.7 Å². The van der Waals surface area contributed by atoms with Gasteiger partial charge in [-0.05, 0) is 31.8 Å². The summed E-state index contributed by atoms with van der Waals surface area (Å²) in [6, 6.07) is -0.0387. The molecule has 3 aliphatic heterocycles. The van der Waals surface area contributed by atoms with E-state index in [1.807, 2.05) is 21.6 Å². The topological polar surface area (TPSA) is 159 Å². The molecule has 0 saturated carbocycles. The number of carbonyl (C=O) groups excluding carboxylic acids is 1. The van der Waals surface area contributed by atoms with E-state index in [1.165, 1.54) is 6.20 Å². The van der Waals surface area contributed by atoms with Gasteiger partial charge in [-0.3, -0.25) is 4.79 Å². The van der Waals surface area contributed by atoms with Crippen LogP contribution in [-0.4, -0.2) is 130 Å². The van der Waals surface area contributed by atoms with Crippen LogP contribution in [0, 0.1) is 5.92 Å². The first-order valence-electron chi connectivity index (χ1n) is 15.1. The first-order chi connectivity index (χ1) is 21.7. The van der Waals surface area contributed by atoms with Gasteiger partial charge in [0, 0.05) is 57.8 Å². The van der Waals surface area contributed by atoms with Crippen LogP contribution < -0.4 is 15.5 Å². The maximum atomic E-state index is 13.9. The predicted molar refractivity (Wildman–Crippen MR) is 166 cm³/mol. The number of aromatic nitrogens is 5. The molecule has 1 amide bonds. The molecular formula is C28H40F2N10O4S. The first-order valence-corrected chi connectivity index (χ1v) is 15.7. The minimum Gasteiger partial charge on any atom is -0.495 e. The summed E-state index contributed by atoms with van der Waals surface area (Å²) in [5.74, 6) is 1.39. The number of piperazine rings is 1. The second kappa shape index (κ2) is 15.1. The molecule has 0 bridgehead atoms. The van der Waals surface area contributed by atoms with E-state index < -0.39 is 12.1 Å². The number of aliphatic hydroxyl groups excluding tert-OH is 1. The zero-order chi connectivity index (χ0) is 31.9. The highest BCUT2D eigenvalue weighted by molar-refractivity contribution is 7.80. The number of hydrogen-bond donors (Lipinski definition) is 3. The Kier molecular flexibility index (Phi) is 11.0. The smallest absolute Gasteiger partial charge is 0.281 e. The van der Waals surface area contributed by atoms with Crippen LogP contribution in [0.5, 0.6) is 0 Å². The van der Waals surface area contributed by atoms with E-state index in [0.717, 1.165) is 25.9 Å². The summed E-state index contributed by atoms with van der Waals surface area (Å²) in [6.45, 7) is 7.14. The van der Waals surface area contributed by atoms with Gasteiger partial charge in [0.1, 0.15) is 12.3 Å². The van der Waals surface area contributed by atoms with Gasteiger partial charge in [-0.2, -0.15) is 27.6 Å². The molecule has 45 heavy (non-hydrogen) atoms. The Hall–Kier alpha value is -3.57. The zero-order valence-corrected chi connectivity index (χ0v) is 26.2. The van der Waals surface area contributed by atoms with Crippen molar-refractivity contribution in [2.45, 2.75) is 32.2 Å². The normalized spacial score (nSPS) is 20.3. The minimum atomic E-state index is -2.91. The molecule has 0 aromatic carbocycles. The van der Waals surface area contributed by atoms with E-state index in [9.17, 15) is 18.7 Å². The highest BCUT2D eigenvalue weighted by Crippen LogP contribution is 2.30. The van der Waals surface area contributed by atoms with Crippen LogP contribution in [0.3, 0.4) is 0 Å². The van der Waals surface area contributed by atoms with Crippen molar-refractivity contribution in [1.82, 2.24) is 34.7 Å². The van der Waals surface area contributed by atoms with Gasteiger partial charge < -0.3 is 39.9 Å². The molecule has 17 heteroatoms. The van der Waals surface area contributed by atoms with Gasteiger partial charge in [-0.15, -0.1) is 0 Å². The third kappa shape index (κ3) is 8.18. The molecule has 5 heterocycles. The number of nitrogens with zero attached hydrogens (tertiary/aromatic N) is 9. The van der Waals surface area contributed by atoms with Crippen molar-refractivity contribution >= 4 is 36.4 Å². The maximum absolute atomic E-state index is 13.9. The molecular weight excluding hydrogens is 610 g/mol. The van der Waals surface area contributed by atoms with Crippen LogP contribution in [-0.2, 0) is 14.3 Å². The molecule has 5 rings (SSSR count). The summed E-state index contributed by atoms with van der Waals surface area (Å²) in [7, 11) is 0. The first kappa shape index (κ1) is 32.8. The SMILES string of the molecule is C[C@H]1COCCN1c1nc(-c2cnc(N)nc2C(F)F)nc(N2CCN(C(=O)COCC3CCN(/C(O)=C\CS)CC3)CC2)n1. The van der Waals surface area contributed by atoms with E-state index in [-0.39, 0.29) is 41.8 Å². The number of likely N-dealkylation sites (tertiary alicyclic amines) is 1. The molecule has 0 spiro atoms. The number of morpholine rings is 1. The van der Waals surface area contributed by atoms with Gasteiger partial charge in [0.25, 0.3) is 6.43 Å². The number of rotatable bonds is 10. The molecule has 3 aliphatic rings. The Balaban J connectivity index is 1.21. The van der Waals surface area contributed by atoms with Crippen molar-refractivity contribution in [2.75, 3.05) is 93.5 Å². The van der Waals surface area contributed by atoms with Crippen LogP contribution in [0.15, 0.2) is 18.2 Å². The quantitative estimate of drug-likeness (QED) is 0.253. The Labute approximate surface area is 266 Å². The highest BCUT2D eigenvalue weighted by atomic mass is 32.1. The lowest BCUT2D eigenvalue weighted by Crippen LogP contribution is -2.50. The number of anilines is 3. The number of nitrogens with two attached hydrogens (primary N) is 1. The van der Waals surface area contributed by atoms with Gasteiger partial charge in [0.2, 0.25) is 23.8 Å². The molecule has 14 nitrogen and oxygen atoms in total. The second-order valence-electron chi connectivity index (χ2n) is 11.3. The van der Waals surface area contributed by atoms with Gasteiger partial charge in [0.15, 0.2) is 11.7 Å². The Bertz CT molecular complexity index is 1340. The summed E-state index contributed by atoms with van der Waals surface area (Å²) < 4.78 is 39.2. The molecule has 2 aromatic heterocycles. The number of ether oxygens (including phenoxy) is 2. The third-order valence-corrected chi connectivity index (χ3v) is 8.41. The number of thiol groups is 1. The standard InChI is InChI=1S/C28H40F2N10O4S/c1-18-15-43-12-11-40(18)28-35-25(20-14-32-26(31)33-23(20)24(29)30)34-27(36-28)39-9-7-38(8-10-39)22(42)17-44-16-19-2-5-37(6-3-19)21(41)4-13-45/h4,14,18-19,24,41,45H,2-3,5-13,15-17H2,1H3,(H2,31,32,33)/b21-4+/t18-/m0/s1. The molecule has 1 atom stereocenters. The van der Waals surface area contributed by atoms with Gasteiger partial charge in [-0.1, -0.05) is 0 Å². The van der Waals surface area contributed by atoms with Crippen molar-refractivity contribution in [3.05, 3.63) is 23.8 Å². The van der Waals surface area contributed by atoms with Crippen molar-refractivity contribution in [3.8, 4) is 11.4 Å². The molecule has 3 saturated heterocycles.